The minimum Gasteiger partial charge on any atom is -0.497 e. The van der Waals surface area contributed by atoms with E-state index in [1.165, 1.54) is 0 Å². The summed E-state index contributed by atoms with van der Waals surface area (Å²) in [4.78, 5) is 0. The first-order chi connectivity index (χ1) is 9.48. The molecule has 0 bridgehead atoms. The fourth-order valence-corrected chi connectivity index (χ4v) is 3.96. The van der Waals surface area contributed by atoms with Crippen LogP contribution in [0.25, 0.3) is 0 Å². The number of nitrogens with one attached hydrogen (secondary N) is 1. The molecule has 0 spiro atoms. The van der Waals surface area contributed by atoms with Gasteiger partial charge in [-0.25, -0.2) is 13.1 Å². The number of hydrogen-bond donors (Lipinski definition) is 2. The SMILES string of the molecule is COc1cccc(CS(=O)(=O)NC2CCC(N)CC2)c1. The van der Waals surface area contributed by atoms with Gasteiger partial charge in [-0.15, -0.1) is 0 Å². The number of ether oxygens (including phenoxy) is 1. The molecule has 1 aliphatic rings. The summed E-state index contributed by atoms with van der Waals surface area (Å²) in [6.45, 7) is 0. The minimum absolute atomic E-state index is 0.0189. The summed E-state index contributed by atoms with van der Waals surface area (Å²) in [6.07, 6.45) is 3.40. The lowest BCUT2D eigenvalue weighted by Gasteiger charge is -2.26. The van der Waals surface area contributed by atoms with Gasteiger partial charge in [0.05, 0.1) is 12.9 Å². The van der Waals surface area contributed by atoms with Gasteiger partial charge in [-0.05, 0) is 43.4 Å². The molecule has 0 saturated heterocycles. The molecule has 6 heteroatoms. The molecule has 0 heterocycles. The first-order valence-electron chi connectivity index (χ1n) is 6.87. The predicted octanol–water partition coefficient (Wildman–Crippen LogP) is 1.38. The molecular weight excluding hydrogens is 276 g/mol. The van der Waals surface area contributed by atoms with Crippen LogP contribution in [0.15, 0.2) is 24.3 Å². The second-order valence-electron chi connectivity index (χ2n) is 5.34. The van der Waals surface area contributed by atoms with E-state index >= 15 is 0 Å². The van der Waals surface area contributed by atoms with Crippen molar-refractivity contribution in [2.45, 2.75) is 43.5 Å². The van der Waals surface area contributed by atoms with Crippen LogP contribution in [-0.2, 0) is 15.8 Å². The van der Waals surface area contributed by atoms with Gasteiger partial charge >= 0.3 is 0 Å². The number of nitrogens with two attached hydrogens (primary N) is 1. The Hall–Kier alpha value is -1.11. The molecular formula is C14H22N2O3S. The van der Waals surface area contributed by atoms with Crippen molar-refractivity contribution in [2.24, 2.45) is 5.73 Å². The minimum atomic E-state index is -3.32. The first-order valence-corrected chi connectivity index (χ1v) is 8.52. The Bertz CT molecular complexity index is 537. The van der Waals surface area contributed by atoms with Crippen molar-refractivity contribution < 1.29 is 13.2 Å². The van der Waals surface area contributed by atoms with E-state index in [0.29, 0.717) is 5.75 Å². The molecule has 1 saturated carbocycles. The Labute approximate surface area is 120 Å². The molecule has 0 atom stereocenters. The Morgan fingerprint density at radius 3 is 2.65 bits per heavy atom. The molecule has 1 aromatic rings. The van der Waals surface area contributed by atoms with E-state index in [2.05, 4.69) is 4.72 Å². The Kier molecular flexibility index (Phi) is 5.01. The molecule has 5 nitrogen and oxygen atoms in total. The van der Waals surface area contributed by atoms with Crippen molar-refractivity contribution in [3.63, 3.8) is 0 Å². The highest BCUT2D eigenvalue weighted by atomic mass is 32.2. The molecule has 1 aliphatic carbocycles. The van der Waals surface area contributed by atoms with Crippen LogP contribution in [0.1, 0.15) is 31.2 Å². The quantitative estimate of drug-likeness (QED) is 0.860. The van der Waals surface area contributed by atoms with E-state index in [4.69, 9.17) is 10.5 Å². The average molecular weight is 298 g/mol. The van der Waals surface area contributed by atoms with Crippen LogP contribution >= 0.6 is 0 Å². The fraction of sp³-hybridized carbons (Fsp3) is 0.571. The summed E-state index contributed by atoms with van der Waals surface area (Å²) >= 11 is 0. The zero-order chi connectivity index (χ0) is 14.6. The van der Waals surface area contributed by atoms with Crippen LogP contribution in [0.3, 0.4) is 0 Å². The molecule has 2 rings (SSSR count). The third-order valence-electron chi connectivity index (χ3n) is 3.61. The number of rotatable bonds is 5. The van der Waals surface area contributed by atoms with Crippen LogP contribution in [0.4, 0.5) is 0 Å². The highest BCUT2D eigenvalue weighted by molar-refractivity contribution is 7.88. The van der Waals surface area contributed by atoms with E-state index in [0.717, 1.165) is 31.2 Å². The molecule has 3 N–H and O–H groups in total. The van der Waals surface area contributed by atoms with Crippen LogP contribution in [0.5, 0.6) is 5.75 Å². The van der Waals surface area contributed by atoms with E-state index in [1.54, 1.807) is 31.4 Å². The molecule has 0 amide bonds. The second-order valence-corrected chi connectivity index (χ2v) is 7.09. The maximum Gasteiger partial charge on any atom is 0.216 e. The number of hydrogen-bond acceptors (Lipinski definition) is 4. The topological polar surface area (TPSA) is 81.4 Å². The zero-order valence-electron chi connectivity index (χ0n) is 11.7. The summed E-state index contributed by atoms with van der Waals surface area (Å²) < 4.78 is 32.2. The number of sulfonamides is 1. The lowest BCUT2D eigenvalue weighted by molar-refractivity contribution is 0.373. The van der Waals surface area contributed by atoms with Crippen molar-refractivity contribution >= 4 is 10.0 Å². The summed E-state index contributed by atoms with van der Waals surface area (Å²) in [5.41, 5.74) is 6.55. The van der Waals surface area contributed by atoms with Crippen molar-refractivity contribution in [3.05, 3.63) is 29.8 Å². The van der Waals surface area contributed by atoms with E-state index < -0.39 is 10.0 Å². The predicted molar refractivity (Wildman–Crippen MR) is 79.0 cm³/mol. The van der Waals surface area contributed by atoms with Gasteiger partial charge in [-0.2, -0.15) is 0 Å². The van der Waals surface area contributed by atoms with Gasteiger partial charge < -0.3 is 10.5 Å². The molecule has 1 fully saturated rings. The molecule has 0 radical (unpaired) electrons. The van der Waals surface area contributed by atoms with Gasteiger partial charge in [0.2, 0.25) is 10.0 Å². The Morgan fingerprint density at radius 2 is 2.00 bits per heavy atom. The molecule has 0 aliphatic heterocycles. The van der Waals surface area contributed by atoms with Crippen molar-refractivity contribution in [1.29, 1.82) is 0 Å². The first kappa shape index (κ1) is 15.3. The van der Waals surface area contributed by atoms with Crippen LogP contribution in [-0.4, -0.2) is 27.6 Å². The third-order valence-corrected chi connectivity index (χ3v) is 5.01. The lowest BCUT2D eigenvalue weighted by Crippen LogP contribution is -2.40. The summed E-state index contributed by atoms with van der Waals surface area (Å²) in [5, 5.41) is 0. The van der Waals surface area contributed by atoms with E-state index in [-0.39, 0.29) is 17.8 Å². The maximum absolute atomic E-state index is 12.2. The van der Waals surface area contributed by atoms with E-state index in [1.807, 2.05) is 0 Å². The van der Waals surface area contributed by atoms with Gasteiger partial charge in [0.15, 0.2) is 0 Å². The lowest BCUT2D eigenvalue weighted by atomic mass is 9.93. The van der Waals surface area contributed by atoms with Gasteiger partial charge in [0.1, 0.15) is 5.75 Å². The van der Waals surface area contributed by atoms with Gasteiger partial charge in [-0.3, -0.25) is 0 Å². The normalized spacial score (nSPS) is 23.5. The molecule has 1 aromatic carbocycles. The number of benzene rings is 1. The smallest absolute Gasteiger partial charge is 0.216 e. The fourth-order valence-electron chi connectivity index (χ4n) is 2.51. The zero-order valence-corrected chi connectivity index (χ0v) is 12.5. The van der Waals surface area contributed by atoms with Crippen molar-refractivity contribution in [3.8, 4) is 5.75 Å². The largest absolute Gasteiger partial charge is 0.497 e. The Morgan fingerprint density at radius 1 is 1.30 bits per heavy atom. The van der Waals surface area contributed by atoms with Gasteiger partial charge in [0.25, 0.3) is 0 Å². The molecule has 20 heavy (non-hydrogen) atoms. The highest BCUT2D eigenvalue weighted by Gasteiger charge is 2.23. The Balaban J connectivity index is 1.96. The van der Waals surface area contributed by atoms with Crippen LogP contribution in [0, 0.1) is 0 Å². The van der Waals surface area contributed by atoms with Crippen molar-refractivity contribution in [1.82, 2.24) is 4.72 Å². The number of methoxy groups -OCH3 is 1. The van der Waals surface area contributed by atoms with Gasteiger partial charge in [-0.1, -0.05) is 12.1 Å². The average Bonchev–Trinajstić information content (AvgIpc) is 2.41. The second kappa shape index (κ2) is 6.56. The highest BCUT2D eigenvalue weighted by Crippen LogP contribution is 2.19. The summed E-state index contributed by atoms with van der Waals surface area (Å²) in [6, 6.07) is 7.36. The molecule has 112 valence electrons. The van der Waals surface area contributed by atoms with Crippen LogP contribution < -0.4 is 15.2 Å². The summed E-state index contributed by atoms with van der Waals surface area (Å²) in [7, 11) is -1.76. The summed E-state index contributed by atoms with van der Waals surface area (Å²) in [5.74, 6) is 0.647. The van der Waals surface area contributed by atoms with Crippen molar-refractivity contribution in [2.75, 3.05) is 7.11 Å². The third kappa shape index (κ3) is 4.47. The van der Waals surface area contributed by atoms with E-state index in [9.17, 15) is 8.42 Å². The molecule has 0 aromatic heterocycles. The monoisotopic (exact) mass is 298 g/mol. The standard InChI is InChI=1S/C14H22N2O3S/c1-19-14-4-2-3-11(9-14)10-20(17,18)16-13-7-5-12(15)6-8-13/h2-4,9,12-13,16H,5-8,10,15H2,1H3. The van der Waals surface area contributed by atoms with Crippen LogP contribution in [0.2, 0.25) is 0 Å². The maximum atomic E-state index is 12.2. The van der Waals surface area contributed by atoms with Gasteiger partial charge in [0, 0.05) is 12.1 Å². The molecule has 0 unspecified atom stereocenters.